The van der Waals surface area contributed by atoms with Gasteiger partial charge in [0.1, 0.15) is 17.7 Å². The van der Waals surface area contributed by atoms with Gasteiger partial charge in [0.25, 0.3) is 0 Å². The summed E-state index contributed by atoms with van der Waals surface area (Å²) in [5.74, 6) is -3.69. The van der Waals surface area contributed by atoms with Crippen molar-refractivity contribution in [2.24, 2.45) is 5.73 Å². The minimum atomic E-state index is -1.76. The Balaban J connectivity index is 3.32. The molecular formula is C8H6ClF2NO2. The van der Waals surface area contributed by atoms with Crippen molar-refractivity contribution >= 4 is 17.6 Å². The minimum Gasteiger partial charge on any atom is -0.480 e. The highest BCUT2D eigenvalue weighted by molar-refractivity contribution is 6.30. The second-order valence-electron chi connectivity index (χ2n) is 2.57. The number of halogens is 3. The number of hydrogen-bond donors (Lipinski definition) is 2. The predicted octanol–water partition coefficient (Wildman–Crippen LogP) is 1.70. The molecule has 0 saturated heterocycles. The standard InChI is InChI=1S/C8H6ClF2NO2/c9-3-1-2-4(10)5(6(3)11)7(12)8(13)14/h1-2,7H,12H2,(H,13,14)/t7-/m0/s1. The molecule has 76 valence electrons. The van der Waals surface area contributed by atoms with Crippen LogP contribution in [0.25, 0.3) is 0 Å². The van der Waals surface area contributed by atoms with Gasteiger partial charge in [-0.05, 0) is 12.1 Å². The van der Waals surface area contributed by atoms with E-state index in [1.807, 2.05) is 0 Å². The Hall–Kier alpha value is -1.20. The van der Waals surface area contributed by atoms with E-state index in [1.165, 1.54) is 0 Å². The molecule has 6 heteroatoms. The largest absolute Gasteiger partial charge is 0.480 e. The Morgan fingerprint density at radius 2 is 2.07 bits per heavy atom. The molecule has 0 unspecified atom stereocenters. The van der Waals surface area contributed by atoms with Gasteiger partial charge in [0.05, 0.1) is 10.6 Å². The maximum absolute atomic E-state index is 13.2. The SMILES string of the molecule is N[C@H](C(=O)O)c1c(F)ccc(Cl)c1F. The number of rotatable bonds is 2. The summed E-state index contributed by atoms with van der Waals surface area (Å²) < 4.78 is 26.2. The molecule has 3 N–H and O–H groups in total. The van der Waals surface area contributed by atoms with Crippen LogP contribution in [-0.4, -0.2) is 11.1 Å². The van der Waals surface area contributed by atoms with E-state index in [1.54, 1.807) is 0 Å². The molecule has 0 aliphatic rings. The van der Waals surface area contributed by atoms with Crippen LogP contribution in [0.2, 0.25) is 5.02 Å². The molecule has 0 aromatic heterocycles. The van der Waals surface area contributed by atoms with Gasteiger partial charge < -0.3 is 10.8 Å². The molecule has 0 heterocycles. The van der Waals surface area contributed by atoms with Crippen LogP contribution in [0, 0.1) is 11.6 Å². The van der Waals surface area contributed by atoms with E-state index in [4.69, 9.17) is 22.4 Å². The van der Waals surface area contributed by atoms with E-state index >= 15 is 0 Å². The van der Waals surface area contributed by atoms with Gasteiger partial charge in [-0.3, -0.25) is 4.79 Å². The molecule has 0 saturated carbocycles. The Kier molecular flexibility index (Phi) is 3.03. The fraction of sp³-hybridized carbons (Fsp3) is 0.125. The smallest absolute Gasteiger partial charge is 0.325 e. The van der Waals surface area contributed by atoms with Crippen LogP contribution >= 0.6 is 11.6 Å². The third kappa shape index (κ3) is 1.83. The van der Waals surface area contributed by atoms with Crippen LogP contribution < -0.4 is 5.73 Å². The average Bonchev–Trinajstić information content (AvgIpc) is 2.12. The molecule has 14 heavy (non-hydrogen) atoms. The molecule has 0 aliphatic carbocycles. The van der Waals surface area contributed by atoms with E-state index in [2.05, 4.69) is 0 Å². The zero-order valence-corrected chi connectivity index (χ0v) is 7.55. The lowest BCUT2D eigenvalue weighted by molar-refractivity contribution is -0.138. The van der Waals surface area contributed by atoms with Gasteiger partial charge in [-0.1, -0.05) is 11.6 Å². The normalized spacial score (nSPS) is 12.6. The highest BCUT2D eigenvalue weighted by Gasteiger charge is 2.24. The van der Waals surface area contributed by atoms with Crippen molar-refractivity contribution in [3.05, 3.63) is 34.4 Å². The molecule has 0 aliphatic heterocycles. The summed E-state index contributed by atoms with van der Waals surface area (Å²) in [5, 5.41) is 8.11. The fourth-order valence-corrected chi connectivity index (χ4v) is 1.12. The quantitative estimate of drug-likeness (QED) is 0.748. The third-order valence-corrected chi connectivity index (χ3v) is 1.95. The summed E-state index contributed by atoms with van der Waals surface area (Å²) in [4.78, 5) is 10.4. The zero-order chi connectivity index (χ0) is 10.9. The third-order valence-electron chi connectivity index (χ3n) is 1.66. The topological polar surface area (TPSA) is 63.3 Å². The van der Waals surface area contributed by atoms with E-state index in [0.29, 0.717) is 0 Å². The van der Waals surface area contributed by atoms with Crippen molar-refractivity contribution < 1.29 is 18.7 Å². The lowest BCUT2D eigenvalue weighted by Crippen LogP contribution is -2.23. The highest BCUT2D eigenvalue weighted by atomic mass is 35.5. The maximum Gasteiger partial charge on any atom is 0.325 e. The molecule has 1 rings (SSSR count). The number of benzene rings is 1. The van der Waals surface area contributed by atoms with Crippen molar-refractivity contribution in [3.63, 3.8) is 0 Å². The van der Waals surface area contributed by atoms with Crippen molar-refractivity contribution in [3.8, 4) is 0 Å². The van der Waals surface area contributed by atoms with Gasteiger partial charge >= 0.3 is 5.97 Å². The van der Waals surface area contributed by atoms with E-state index in [9.17, 15) is 13.6 Å². The van der Waals surface area contributed by atoms with Gasteiger partial charge in [-0.25, -0.2) is 8.78 Å². The highest BCUT2D eigenvalue weighted by Crippen LogP contribution is 2.25. The van der Waals surface area contributed by atoms with Crippen molar-refractivity contribution in [2.45, 2.75) is 6.04 Å². The summed E-state index contributed by atoms with van der Waals surface area (Å²) in [6, 6.07) is 0.0992. The summed E-state index contributed by atoms with van der Waals surface area (Å²) in [6.45, 7) is 0. The van der Waals surface area contributed by atoms with Gasteiger partial charge in [-0.15, -0.1) is 0 Å². The molecule has 1 atom stereocenters. The van der Waals surface area contributed by atoms with Crippen LogP contribution in [-0.2, 0) is 4.79 Å². The molecule has 1 aromatic rings. The molecule has 1 aromatic carbocycles. The number of carboxylic acids is 1. The molecule has 0 amide bonds. The second kappa shape index (κ2) is 3.89. The maximum atomic E-state index is 13.2. The summed E-state index contributed by atoms with van der Waals surface area (Å²) >= 11 is 5.34. The molecule has 0 radical (unpaired) electrons. The zero-order valence-electron chi connectivity index (χ0n) is 6.80. The number of nitrogens with two attached hydrogens (primary N) is 1. The first kappa shape index (κ1) is 10.9. The van der Waals surface area contributed by atoms with Crippen molar-refractivity contribution in [1.29, 1.82) is 0 Å². The summed E-state index contributed by atoms with van der Waals surface area (Å²) in [7, 11) is 0. The fourth-order valence-electron chi connectivity index (χ4n) is 0.951. The number of carboxylic acid groups (broad SMARTS) is 1. The van der Waals surface area contributed by atoms with Crippen molar-refractivity contribution in [2.75, 3.05) is 0 Å². The van der Waals surface area contributed by atoms with Gasteiger partial charge in [0.2, 0.25) is 0 Å². The second-order valence-corrected chi connectivity index (χ2v) is 2.98. The Bertz CT molecular complexity index is 384. The number of hydrogen-bond acceptors (Lipinski definition) is 2. The van der Waals surface area contributed by atoms with E-state index in [-0.39, 0.29) is 5.02 Å². The van der Waals surface area contributed by atoms with Gasteiger partial charge in [-0.2, -0.15) is 0 Å². The van der Waals surface area contributed by atoms with Crippen LogP contribution in [0.15, 0.2) is 12.1 Å². The molecular weight excluding hydrogens is 216 g/mol. The van der Waals surface area contributed by atoms with E-state index < -0.39 is 29.2 Å². The minimum absolute atomic E-state index is 0.363. The lowest BCUT2D eigenvalue weighted by atomic mass is 10.1. The molecule has 0 spiro atoms. The van der Waals surface area contributed by atoms with Crippen LogP contribution in [0.5, 0.6) is 0 Å². The first-order valence-electron chi connectivity index (χ1n) is 3.57. The van der Waals surface area contributed by atoms with E-state index in [0.717, 1.165) is 12.1 Å². The Morgan fingerprint density at radius 3 is 2.57 bits per heavy atom. The lowest BCUT2D eigenvalue weighted by Gasteiger charge is -2.09. The Morgan fingerprint density at radius 1 is 1.50 bits per heavy atom. The molecule has 0 bridgehead atoms. The monoisotopic (exact) mass is 221 g/mol. The van der Waals surface area contributed by atoms with Crippen LogP contribution in [0.3, 0.4) is 0 Å². The van der Waals surface area contributed by atoms with Gasteiger partial charge in [0, 0.05) is 0 Å². The van der Waals surface area contributed by atoms with Crippen LogP contribution in [0.4, 0.5) is 8.78 Å². The van der Waals surface area contributed by atoms with Gasteiger partial charge in [0.15, 0.2) is 0 Å². The van der Waals surface area contributed by atoms with Crippen LogP contribution in [0.1, 0.15) is 11.6 Å². The Labute approximate surface area is 83.1 Å². The van der Waals surface area contributed by atoms with Crippen molar-refractivity contribution in [1.82, 2.24) is 0 Å². The first-order valence-corrected chi connectivity index (χ1v) is 3.94. The summed E-state index contributed by atoms with van der Waals surface area (Å²) in [6.07, 6.45) is 0. The summed E-state index contributed by atoms with van der Waals surface area (Å²) in [5.41, 5.74) is 4.34. The number of aliphatic carboxylic acids is 1. The molecule has 3 nitrogen and oxygen atoms in total. The average molecular weight is 222 g/mol. The predicted molar refractivity (Wildman–Crippen MR) is 45.9 cm³/mol. The molecule has 0 fully saturated rings. The number of carbonyl (C=O) groups is 1. The first-order chi connectivity index (χ1) is 6.45.